The first-order valence-electron chi connectivity index (χ1n) is 10.5. The van der Waals surface area contributed by atoms with Gasteiger partial charge >= 0.3 is 0 Å². The number of anilines is 1. The van der Waals surface area contributed by atoms with Crippen LogP contribution >= 0.6 is 0 Å². The number of hydrogen-bond donors (Lipinski definition) is 1. The maximum atomic E-state index is 5.94. The number of benzene rings is 2. The maximum absolute atomic E-state index is 5.94. The van der Waals surface area contributed by atoms with Gasteiger partial charge in [0.2, 0.25) is 11.8 Å². The molecule has 1 fully saturated rings. The third-order valence-corrected chi connectivity index (χ3v) is 5.57. The van der Waals surface area contributed by atoms with E-state index in [2.05, 4.69) is 32.0 Å². The van der Waals surface area contributed by atoms with E-state index in [1.165, 1.54) is 32.1 Å². The van der Waals surface area contributed by atoms with Crippen LogP contribution < -0.4 is 5.32 Å². The molecule has 4 aromatic rings. The quantitative estimate of drug-likeness (QED) is 0.484. The number of nitrogens with one attached hydrogen (secondary N) is 1. The number of rotatable bonds is 6. The summed E-state index contributed by atoms with van der Waals surface area (Å²) in [5.74, 6) is 0.999. The van der Waals surface area contributed by atoms with Crippen molar-refractivity contribution in [2.45, 2.75) is 44.7 Å². The summed E-state index contributed by atoms with van der Waals surface area (Å²) in [6.45, 7) is 0.587. The predicted molar refractivity (Wildman–Crippen MR) is 115 cm³/mol. The van der Waals surface area contributed by atoms with Crippen LogP contribution in [-0.4, -0.2) is 25.2 Å². The summed E-state index contributed by atoms with van der Waals surface area (Å²) in [7, 11) is 0. The van der Waals surface area contributed by atoms with Crippen molar-refractivity contribution in [3.8, 4) is 22.9 Å². The Morgan fingerprint density at radius 3 is 2.50 bits per heavy atom. The van der Waals surface area contributed by atoms with Crippen molar-refractivity contribution in [1.82, 2.24) is 25.2 Å². The molecular formula is C23H24N6O. The average molecular weight is 400 g/mol. The van der Waals surface area contributed by atoms with Crippen LogP contribution in [0.15, 0.2) is 65.2 Å². The fraction of sp³-hybridized carbons (Fsp3) is 0.304. The molecule has 0 unspecified atom stereocenters. The molecule has 0 amide bonds. The maximum Gasteiger partial charge on any atom is 0.250 e. The molecule has 152 valence electrons. The molecule has 2 heterocycles. The molecule has 7 nitrogen and oxygen atoms in total. The van der Waals surface area contributed by atoms with Crippen LogP contribution in [0.4, 0.5) is 5.69 Å². The first-order valence-corrected chi connectivity index (χ1v) is 10.5. The zero-order valence-corrected chi connectivity index (χ0v) is 16.7. The fourth-order valence-electron chi connectivity index (χ4n) is 3.96. The minimum Gasteiger partial charge on any atom is -0.416 e. The van der Waals surface area contributed by atoms with Gasteiger partial charge in [-0.3, -0.25) is 0 Å². The van der Waals surface area contributed by atoms with Gasteiger partial charge in [-0.2, -0.15) is 0 Å². The van der Waals surface area contributed by atoms with Gasteiger partial charge in [-0.15, -0.1) is 15.3 Å². The van der Waals surface area contributed by atoms with Crippen molar-refractivity contribution in [1.29, 1.82) is 0 Å². The van der Waals surface area contributed by atoms with Crippen LogP contribution in [-0.2, 0) is 6.54 Å². The Hall–Kier alpha value is -3.48. The van der Waals surface area contributed by atoms with E-state index in [0.29, 0.717) is 24.4 Å². The fourth-order valence-corrected chi connectivity index (χ4v) is 3.96. The van der Waals surface area contributed by atoms with Crippen LogP contribution in [0, 0.1) is 0 Å². The van der Waals surface area contributed by atoms with E-state index >= 15 is 0 Å². The highest BCUT2D eigenvalue weighted by Crippen LogP contribution is 2.30. The van der Waals surface area contributed by atoms with Crippen LogP contribution in [0.2, 0.25) is 0 Å². The lowest BCUT2D eigenvalue weighted by atomic mass is 9.96. The van der Waals surface area contributed by atoms with Gasteiger partial charge in [-0.1, -0.05) is 54.8 Å². The second kappa shape index (κ2) is 8.49. The van der Waals surface area contributed by atoms with Gasteiger partial charge < -0.3 is 9.73 Å². The third-order valence-electron chi connectivity index (χ3n) is 5.57. The minimum atomic E-state index is 0.488. The van der Waals surface area contributed by atoms with Crippen LogP contribution in [0.5, 0.6) is 0 Å². The molecule has 0 saturated heterocycles. The highest BCUT2D eigenvalue weighted by molar-refractivity contribution is 5.72. The topological polar surface area (TPSA) is 81.7 Å². The number of hydrogen-bond acceptors (Lipinski definition) is 6. The standard InChI is InChI=1S/C23H24N6O/c1-3-9-17(10-4-1)22-26-27-23(30-22)20-13-7-8-14-21(20)24-15-18-16-29(28-25-18)19-11-5-2-6-12-19/h1,3-4,7-10,13-14,16,19,24H,2,5-6,11-12,15H2. The Labute approximate surface area is 175 Å². The molecule has 0 radical (unpaired) electrons. The van der Waals surface area contributed by atoms with E-state index in [0.717, 1.165) is 22.5 Å². The monoisotopic (exact) mass is 400 g/mol. The summed E-state index contributed by atoms with van der Waals surface area (Å²) in [6, 6.07) is 18.2. The summed E-state index contributed by atoms with van der Waals surface area (Å²) in [5.41, 5.74) is 3.62. The average Bonchev–Trinajstić information content (AvgIpc) is 3.49. The lowest BCUT2D eigenvalue weighted by molar-refractivity contribution is 0.324. The van der Waals surface area contributed by atoms with E-state index in [9.17, 15) is 0 Å². The van der Waals surface area contributed by atoms with Crippen molar-refractivity contribution >= 4 is 5.69 Å². The minimum absolute atomic E-state index is 0.488. The molecule has 0 bridgehead atoms. The van der Waals surface area contributed by atoms with Crippen molar-refractivity contribution in [3.05, 3.63) is 66.5 Å². The third kappa shape index (κ3) is 3.96. The SMILES string of the molecule is c1ccc(-c2nnc(-c3ccccc3NCc3cn(C4CCCCC4)nn3)o2)cc1. The summed E-state index contributed by atoms with van der Waals surface area (Å²) >= 11 is 0. The van der Waals surface area contributed by atoms with Gasteiger partial charge in [0.05, 0.1) is 24.3 Å². The van der Waals surface area contributed by atoms with Gasteiger partial charge in [0.25, 0.3) is 0 Å². The van der Waals surface area contributed by atoms with Gasteiger partial charge in [0, 0.05) is 11.3 Å². The first-order chi connectivity index (χ1) is 14.9. The van der Waals surface area contributed by atoms with Gasteiger partial charge in [-0.05, 0) is 37.1 Å². The van der Waals surface area contributed by atoms with Crippen LogP contribution in [0.25, 0.3) is 22.9 Å². The Bertz CT molecular complexity index is 1100. The lowest BCUT2D eigenvalue weighted by Crippen LogP contribution is -2.13. The normalized spacial score (nSPS) is 14.7. The highest BCUT2D eigenvalue weighted by Gasteiger charge is 2.17. The summed E-state index contributed by atoms with van der Waals surface area (Å²) < 4.78 is 7.97. The number of para-hydroxylation sites is 1. The Morgan fingerprint density at radius 1 is 0.867 bits per heavy atom. The van der Waals surface area contributed by atoms with Gasteiger partial charge in [0.1, 0.15) is 5.69 Å². The van der Waals surface area contributed by atoms with Crippen molar-refractivity contribution in [3.63, 3.8) is 0 Å². The highest BCUT2D eigenvalue weighted by atomic mass is 16.4. The van der Waals surface area contributed by atoms with Crippen LogP contribution in [0.3, 0.4) is 0 Å². The van der Waals surface area contributed by atoms with Gasteiger partial charge in [0.15, 0.2) is 0 Å². The zero-order valence-electron chi connectivity index (χ0n) is 16.7. The lowest BCUT2D eigenvalue weighted by Gasteiger charge is -2.20. The van der Waals surface area contributed by atoms with E-state index in [4.69, 9.17) is 4.42 Å². The molecule has 2 aromatic carbocycles. The molecule has 1 aliphatic rings. The van der Waals surface area contributed by atoms with E-state index < -0.39 is 0 Å². The van der Waals surface area contributed by atoms with E-state index in [1.54, 1.807) is 0 Å². The van der Waals surface area contributed by atoms with Crippen molar-refractivity contribution < 1.29 is 4.42 Å². The molecule has 1 saturated carbocycles. The Morgan fingerprint density at radius 2 is 1.63 bits per heavy atom. The number of aromatic nitrogens is 5. The number of nitrogens with zero attached hydrogens (tertiary/aromatic N) is 5. The molecule has 0 aliphatic heterocycles. The molecule has 5 rings (SSSR count). The van der Waals surface area contributed by atoms with E-state index in [1.807, 2.05) is 59.3 Å². The molecular weight excluding hydrogens is 376 g/mol. The molecule has 1 N–H and O–H groups in total. The summed E-state index contributed by atoms with van der Waals surface area (Å²) in [5, 5.41) is 20.6. The zero-order chi connectivity index (χ0) is 20.2. The summed E-state index contributed by atoms with van der Waals surface area (Å²) in [4.78, 5) is 0. The van der Waals surface area contributed by atoms with Crippen LogP contribution in [0.1, 0.15) is 43.8 Å². The second-order valence-corrected chi connectivity index (χ2v) is 7.66. The Kier molecular flexibility index (Phi) is 5.25. The smallest absolute Gasteiger partial charge is 0.250 e. The molecule has 1 aliphatic carbocycles. The van der Waals surface area contributed by atoms with E-state index in [-0.39, 0.29) is 0 Å². The largest absolute Gasteiger partial charge is 0.416 e. The molecule has 0 atom stereocenters. The molecule has 7 heteroatoms. The predicted octanol–water partition coefficient (Wildman–Crippen LogP) is 5.11. The van der Waals surface area contributed by atoms with Gasteiger partial charge in [-0.25, -0.2) is 4.68 Å². The second-order valence-electron chi connectivity index (χ2n) is 7.66. The first kappa shape index (κ1) is 18.5. The summed E-state index contributed by atoms with van der Waals surface area (Å²) in [6.07, 6.45) is 8.34. The van der Waals surface area contributed by atoms with Crippen molar-refractivity contribution in [2.24, 2.45) is 0 Å². The molecule has 0 spiro atoms. The molecule has 30 heavy (non-hydrogen) atoms. The molecule has 2 aromatic heterocycles. The Balaban J connectivity index is 1.31. The van der Waals surface area contributed by atoms with Crippen molar-refractivity contribution in [2.75, 3.05) is 5.32 Å².